The fourth-order valence-electron chi connectivity index (χ4n) is 3.36. The van der Waals surface area contributed by atoms with E-state index < -0.39 is 0 Å². The molecule has 0 aliphatic carbocycles. The van der Waals surface area contributed by atoms with E-state index in [1.165, 1.54) is 5.56 Å². The summed E-state index contributed by atoms with van der Waals surface area (Å²) >= 11 is 0. The van der Waals surface area contributed by atoms with Gasteiger partial charge in [-0.15, -0.1) is 0 Å². The second kappa shape index (κ2) is 12.1. The fraction of sp³-hybridized carbons (Fsp3) is 0.370. The number of benzene rings is 2. The Labute approximate surface area is 181 Å². The van der Waals surface area contributed by atoms with Crippen LogP contribution in [-0.2, 0) is 24.4 Å². The van der Waals surface area contributed by atoms with Crippen LogP contribution in [0, 0.1) is 0 Å². The van der Waals surface area contributed by atoms with Crippen molar-refractivity contribution in [2.75, 3.05) is 0 Å². The lowest BCUT2D eigenvalue weighted by Crippen LogP contribution is -2.30. The number of hydrogen-bond acceptors (Lipinski definition) is 3. The number of hydrogen-bond donors (Lipinski definition) is 1. The SMILES string of the molecule is C=Cc1cccc(OCc2ccc(CC)cc2)c1CNC(CCC(=O)CC)C(=C)C. The molecule has 0 saturated carbocycles. The molecule has 2 aromatic carbocycles. The molecule has 0 saturated heterocycles. The summed E-state index contributed by atoms with van der Waals surface area (Å²) in [5, 5.41) is 3.56. The first-order chi connectivity index (χ1) is 14.5. The number of carbonyl (C=O) groups excluding carboxylic acids is 1. The van der Waals surface area contributed by atoms with Crippen LogP contribution in [0.2, 0.25) is 0 Å². The minimum atomic E-state index is 0.0906. The van der Waals surface area contributed by atoms with Gasteiger partial charge in [-0.2, -0.15) is 0 Å². The van der Waals surface area contributed by atoms with Gasteiger partial charge in [0, 0.05) is 31.0 Å². The first-order valence-electron chi connectivity index (χ1n) is 10.8. The number of nitrogens with one attached hydrogen (secondary N) is 1. The molecule has 1 N–H and O–H groups in total. The number of carbonyl (C=O) groups is 1. The van der Waals surface area contributed by atoms with Crippen LogP contribution < -0.4 is 10.1 Å². The summed E-state index contributed by atoms with van der Waals surface area (Å²) in [6.45, 7) is 15.3. The van der Waals surface area contributed by atoms with Gasteiger partial charge in [0.1, 0.15) is 18.1 Å². The van der Waals surface area contributed by atoms with Crippen molar-refractivity contribution in [3.05, 3.63) is 83.4 Å². The summed E-state index contributed by atoms with van der Waals surface area (Å²) in [4.78, 5) is 11.7. The largest absolute Gasteiger partial charge is 0.489 e. The van der Waals surface area contributed by atoms with Crippen molar-refractivity contribution in [3.8, 4) is 5.75 Å². The van der Waals surface area contributed by atoms with Gasteiger partial charge >= 0.3 is 0 Å². The topological polar surface area (TPSA) is 38.3 Å². The quantitative estimate of drug-likeness (QED) is 0.399. The monoisotopic (exact) mass is 405 g/mol. The van der Waals surface area contributed by atoms with Crippen LogP contribution in [0.3, 0.4) is 0 Å². The van der Waals surface area contributed by atoms with E-state index in [-0.39, 0.29) is 11.8 Å². The highest BCUT2D eigenvalue weighted by molar-refractivity contribution is 5.78. The molecule has 160 valence electrons. The Morgan fingerprint density at radius 1 is 1.13 bits per heavy atom. The average Bonchev–Trinajstić information content (AvgIpc) is 2.77. The molecular weight excluding hydrogens is 370 g/mol. The van der Waals surface area contributed by atoms with Crippen molar-refractivity contribution in [1.29, 1.82) is 0 Å². The van der Waals surface area contributed by atoms with Crippen LogP contribution in [0.4, 0.5) is 0 Å². The van der Waals surface area contributed by atoms with Gasteiger partial charge in [-0.25, -0.2) is 0 Å². The molecule has 30 heavy (non-hydrogen) atoms. The fourth-order valence-corrected chi connectivity index (χ4v) is 3.36. The Hall–Kier alpha value is -2.65. The Bertz CT molecular complexity index is 852. The van der Waals surface area contributed by atoms with Crippen LogP contribution in [0.15, 0.2) is 61.2 Å². The number of rotatable bonds is 13. The summed E-state index contributed by atoms with van der Waals surface area (Å²) in [5.74, 6) is 1.14. The van der Waals surface area contributed by atoms with Gasteiger partial charge in [-0.3, -0.25) is 4.79 Å². The van der Waals surface area contributed by atoms with Gasteiger partial charge in [0.25, 0.3) is 0 Å². The first-order valence-corrected chi connectivity index (χ1v) is 10.8. The predicted octanol–water partition coefficient (Wildman–Crippen LogP) is 6.26. The third kappa shape index (κ3) is 7.00. The van der Waals surface area contributed by atoms with Crippen LogP contribution in [0.5, 0.6) is 5.75 Å². The molecule has 1 unspecified atom stereocenters. The number of aryl methyl sites for hydroxylation is 1. The standard InChI is InChI=1S/C27H35NO2/c1-6-21-12-14-22(15-13-21)19-30-27-11-9-10-23(7-2)25(27)18-28-26(20(4)5)17-16-24(29)8-3/h7,9-15,26,28H,2,4,6,8,16-19H2,1,3,5H3. The van der Waals surface area contributed by atoms with E-state index in [1.807, 2.05) is 38.1 Å². The molecule has 3 heteroatoms. The lowest BCUT2D eigenvalue weighted by Gasteiger charge is -2.21. The molecule has 0 bridgehead atoms. The maximum Gasteiger partial charge on any atom is 0.132 e. The Kier molecular flexibility index (Phi) is 9.56. The van der Waals surface area contributed by atoms with Crippen LogP contribution in [0.25, 0.3) is 6.08 Å². The molecule has 3 nitrogen and oxygen atoms in total. The molecule has 0 aliphatic rings. The van der Waals surface area contributed by atoms with E-state index in [0.717, 1.165) is 40.9 Å². The molecule has 0 heterocycles. The number of Topliss-reactive ketones (excluding diaryl/α,β-unsaturated/α-hetero) is 1. The summed E-state index contributed by atoms with van der Waals surface area (Å²) in [7, 11) is 0. The Balaban J connectivity index is 2.10. The molecule has 0 fully saturated rings. The van der Waals surface area contributed by atoms with E-state index in [4.69, 9.17) is 4.74 Å². The Morgan fingerprint density at radius 3 is 2.43 bits per heavy atom. The van der Waals surface area contributed by atoms with Gasteiger partial charge < -0.3 is 10.1 Å². The van der Waals surface area contributed by atoms with E-state index in [0.29, 0.717) is 26.0 Å². The summed E-state index contributed by atoms with van der Waals surface area (Å²) in [5.41, 5.74) is 5.63. The molecule has 0 spiro atoms. The molecule has 0 aromatic heterocycles. The first kappa shape index (κ1) is 23.6. The molecule has 2 rings (SSSR count). The second-order valence-electron chi connectivity index (χ2n) is 7.70. The minimum Gasteiger partial charge on any atom is -0.489 e. The van der Waals surface area contributed by atoms with Crippen molar-refractivity contribution < 1.29 is 9.53 Å². The van der Waals surface area contributed by atoms with Crippen LogP contribution in [-0.4, -0.2) is 11.8 Å². The van der Waals surface area contributed by atoms with Crippen LogP contribution >= 0.6 is 0 Å². The zero-order chi connectivity index (χ0) is 21.9. The normalized spacial score (nSPS) is 11.7. The van der Waals surface area contributed by atoms with Crippen molar-refractivity contribution in [1.82, 2.24) is 5.32 Å². The highest BCUT2D eigenvalue weighted by atomic mass is 16.5. The van der Waals surface area contributed by atoms with Gasteiger partial charge in [-0.1, -0.05) is 75.1 Å². The molecule has 1 atom stereocenters. The van der Waals surface area contributed by atoms with E-state index >= 15 is 0 Å². The highest BCUT2D eigenvalue weighted by Crippen LogP contribution is 2.25. The predicted molar refractivity (Wildman–Crippen MR) is 127 cm³/mol. The molecule has 0 aliphatic heterocycles. The third-order valence-corrected chi connectivity index (χ3v) is 5.44. The third-order valence-electron chi connectivity index (χ3n) is 5.44. The van der Waals surface area contributed by atoms with E-state index in [1.54, 1.807) is 0 Å². The number of ether oxygens (including phenoxy) is 1. The van der Waals surface area contributed by atoms with E-state index in [9.17, 15) is 4.79 Å². The highest BCUT2D eigenvalue weighted by Gasteiger charge is 2.14. The number of ketones is 1. The van der Waals surface area contributed by atoms with Gasteiger partial charge in [0.2, 0.25) is 0 Å². The summed E-state index contributed by atoms with van der Waals surface area (Å²) in [6, 6.07) is 14.7. The molecular formula is C27H35NO2. The maximum atomic E-state index is 11.7. The smallest absolute Gasteiger partial charge is 0.132 e. The summed E-state index contributed by atoms with van der Waals surface area (Å²) in [6.07, 6.45) is 4.81. The van der Waals surface area contributed by atoms with Gasteiger partial charge in [0.15, 0.2) is 0 Å². The summed E-state index contributed by atoms with van der Waals surface area (Å²) < 4.78 is 6.18. The van der Waals surface area contributed by atoms with Gasteiger partial charge in [0.05, 0.1) is 0 Å². The molecule has 0 amide bonds. The van der Waals surface area contributed by atoms with Crippen LogP contribution in [0.1, 0.15) is 62.3 Å². The maximum absolute atomic E-state index is 11.7. The minimum absolute atomic E-state index is 0.0906. The van der Waals surface area contributed by atoms with Crippen molar-refractivity contribution >= 4 is 11.9 Å². The molecule has 2 aromatic rings. The lowest BCUT2D eigenvalue weighted by molar-refractivity contribution is -0.118. The lowest BCUT2D eigenvalue weighted by atomic mass is 10.0. The van der Waals surface area contributed by atoms with Crippen molar-refractivity contribution in [3.63, 3.8) is 0 Å². The zero-order valence-electron chi connectivity index (χ0n) is 18.7. The van der Waals surface area contributed by atoms with Crippen molar-refractivity contribution in [2.24, 2.45) is 0 Å². The van der Waals surface area contributed by atoms with E-state index in [2.05, 4.69) is 49.7 Å². The van der Waals surface area contributed by atoms with Gasteiger partial charge in [-0.05, 0) is 42.5 Å². The zero-order valence-corrected chi connectivity index (χ0v) is 18.7. The second-order valence-corrected chi connectivity index (χ2v) is 7.70. The Morgan fingerprint density at radius 2 is 1.83 bits per heavy atom. The average molecular weight is 406 g/mol. The van der Waals surface area contributed by atoms with Crippen molar-refractivity contribution in [2.45, 2.75) is 65.6 Å². The molecule has 0 radical (unpaired) electrons.